The molecule has 0 unspecified atom stereocenters. The predicted molar refractivity (Wildman–Crippen MR) is 61.9 cm³/mol. The molecular weight excluding hydrogens is 208 g/mol. The number of nitrogens with zero attached hydrogens (tertiary/aromatic N) is 2. The maximum atomic E-state index is 9.04. The van der Waals surface area contributed by atoms with Crippen LogP contribution in [0.2, 0.25) is 0 Å². The quantitative estimate of drug-likeness (QED) is 0.851. The average molecular weight is 226 g/mol. The van der Waals surface area contributed by atoms with Crippen LogP contribution in [0.3, 0.4) is 0 Å². The highest BCUT2D eigenvalue weighted by molar-refractivity contribution is 7.09. The summed E-state index contributed by atoms with van der Waals surface area (Å²) in [4.78, 5) is 6.90. The Morgan fingerprint density at radius 2 is 2.27 bits per heavy atom. The van der Waals surface area contributed by atoms with E-state index in [-0.39, 0.29) is 0 Å². The molecule has 0 amide bonds. The first-order valence-corrected chi connectivity index (χ1v) is 6.40. The normalized spacial score (nSPS) is 19.6. The number of hydrogen-bond acceptors (Lipinski definition) is 4. The van der Waals surface area contributed by atoms with Crippen molar-refractivity contribution in [3.63, 3.8) is 0 Å². The van der Waals surface area contributed by atoms with E-state index in [4.69, 9.17) is 5.11 Å². The summed E-state index contributed by atoms with van der Waals surface area (Å²) in [5.41, 5.74) is 1.19. The van der Waals surface area contributed by atoms with E-state index in [1.54, 1.807) is 11.3 Å². The standard InChI is InChI=1S/C11H18N2OS/c1-9-12-11(8-15-9)6-13-4-2-10(7-14)3-5-13/h8,10,14H,2-7H2,1H3. The van der Waals surface area contributed by atoms with Gasteiger partial charge in [-0.05, 0) is 38.8 Å². The molecule has 0 aromatic carbocycles. The van der Waals surface area contributed by atoms with Crippen molar-refractivity contribution in [2.24, 2.45) is 5.92 Å². The number of aliphatic hydroxyl groups excluding tert-OH is 1. The molecule has 1 aromatic rings. The third-order valence-corrected chi connectivity index (χ3v) is 3.84. The molecule has 0 aliphatic carbocycles. The summed E-state index contributed by atoms with van der Waals surface area (Å²) >= 11 is 1.72. The van der Waals surface area contributed by atoms with Gasteiger partial charge in [-0.2, -0.15) is 0 Å². The highest BCUT2D eigenvalue weighted by Gasteiger charge is 2.18. The lowest BCUT2D eigenvalue weighted by Crippen LogP contribution is -2.34. The zero-order valence-electron chi connectivity index (χ0n) is 9.15. The summed E-state index contributed by atoms with van der Waals surface area (Å²) in [7, 11) is 0. The number of piperidine rings is 1. The van der Waals surface area contributed by atoms with Gasteiger partial charge in [0.05, 0.1) is 10.7 Å². The van der Waals surface area contributed by atoms with E-state index in [9.17, 15) is 0 Å². The molecule has 0 saturated carbocycles. The Labute approximate surface area is 94.8 Å². The highest BCUT2D eigenvalue weighted by Crippen LogP contribution is 2.18. The van der Waals surface area contributed by atoms with Gasteiger partial charge in [-0.25, -0.2) is 4.98 Å². The Morgan fingerprint density at radius 3 is 2.80 bits per heavy atom. The van der Waals surface area contributed by atoms with E-state index < -0.39 is 0 Å². The van der Waals surface area contributed by atoms with E-state index in [2.05, 4.69) is 15.3 Å². The van der Waals surface area contributed by atoms with Crippen LogP contribution in [0.25, 0.3) is 0 Å². The first-order chi connectivity index (χ1) is 7.28. The summed E-state index contributed by atoms with van der Waals surface area (Å²) < 4.78 is 0. The van der Waals surface area contributed by atoms with Crippen molar-refractivity contribution >= 4 is 11.3 Å². The van der Waals surface area contributed by atoms with Gasteiger partial charge in [0.1, 0.15) is 0 Å². The molecule has 0 spiro atoms. The summed E-state index contributed by atoms with van der Waals surface area (Å²) in [6.07, 6.45) is 2.25. The van der Waals surface area contributed by atoms with Gasteiger partial charge in [-0.1, -0.05) is 0 Å². The SMILES string of the molecule is Cc1nc(CN2CCC(CO)CC2)cs1. The molecule has 1 saturated heterocycles. The Balaban J connectivity index is 1.82. The third-order valence-electron chi connectivity index (χ3n) is 3.02. The summed E-state index contributed by atoms with van der Waals surface area (Å²) in [5.74, 6) is 0.526. The summed E-state index contributed by atoms with van der Waals surface area (Å²) in [6, 6.07) is 0. The highest BCUT2D eigenvalue weighted by atomic mass is 32.1. The zero-order valence-corrected chi connectivity index (χ0v) is 9.96. The molecule has 2 rings (SSSR count). The minimum absolute atomic E-state index is 0.351. The fourth-order valence-corrected chi connectivity index (χ4v) is 2.64. The molecule has 2 heterocycles. The molecule has 15 heavy (non-hydrogen) atoms. The van der Waals surface area contributed by atoms with Gasteiger partial charge >= 0.3 is 0 Å². The average Bonchev–Trinajstić information content (AvgIpc) is 2.65. The summed E-state index contributed by atoms with van der Waals surface area (Å²) in [6.45, 7) is 5.57. The minimum atomic E-state index is 0.351. The molecule has 0 atom stereocenters. The third kappa shape index (κ3) is 3.00. The second-order valence-electron chi connectivity index (χ2n) is 4.26. The van der Waals surface area contributed by atoms with Gasteiger partial charge in [0.25, 0.3) is 0 Å². The first-order valence-electron chi connectivity index (χ1n) is 5.52. The van der Waals surface area contributed by atoms with Crippen LogP contribution in [-0.2, 0) is 6.54 Å². The van der Waals surface area contributed by atoms with Crippen LogP contribution in [-0.4, -0.2) is 34.7 Å². The molecule has 1 aliphatic rings. The van der Waals surface area contributed by atoms with Crippen molar-refractivity contribution in [2.45, 2.75) is 26.3 Å². The van der Waals surface area contributed by atoms with Crippen molar-refractivity contribution < 1.29 is 5.11 Å². The number of hydrogen-bond donors (Lipinski definition) is 1. The molecule has 1 fully saturated rings. The smallest absolute Gasteiger partial charge is 0.0897 e. The molecule has 84 valence electrons. The Morgan fingerprint density at radius 1 is 1.53 bits per heavy atom. The van der Waals surface area contributed by atoms with Gasteiger partial charge in [0.2, 0.25) is 0 Å². The van der Waals surface area contributed by atoms with Gasteiger partial charge in [-0.3, -0.25) is 4.90 Å². The number of thiazole rings is 1. The topological polar surface area (TPSA) is 36.4 Å². The molecule has 0 radical (unpaired) electrons. The number of aryl methyl sites for hydroxylation is 1. The molecule has 0 bridgehead atoms. The lowest BCUT2D eigenvalue weighted by atomic mass is 9.98. The molecule has 1 aliphatic heterocycles. The van der Waals surface area contributed by atoms with E-state index in [0.717, 1.165) is 37.5 Å². The minimum Gasteiger partial charge on any atom is -0.396 e. The molecule has 1 N–H and O–H groups in total. The van der Waals surface area contributed by atoms with Crippen molar-refractivity contribution in [1.82, 2.24) is 9.88 Å². The van der Waals surface area contributed by atoms with Crippen molar-refractivity contribution in [3.05, 3.63) is 16.1 Å². The monoisotopic (exact) mass is 226 g/mol. The summed E-state index contributed by atoms with van der Waals surface area (Å²) in [5, 5.41) is 12.3. The Kier molecular flexibility index (Phi) is 3.72. The Hall–Kier alpha value is -0.450. The van der Waals surface area contributed by atoms with Crippen LogP contribution in [0.5, 0.6) is 0 Å². The van der Waals surface area contributed by atoms with Crippen molar-refractivity contribution in [2.75, 3.05) is 19.7 Å². The van der Waals surface area contributed by atoms with E-state index >= 15 is 0 Å². The molecule has 3 nitrogen and oxygen atoms in total. The first kappa shape index (κ1) is 11.0. The lowest BCUT2D eigenvalue weighted by Gasteiger charge is -2.30. The Bertz CT molecular complexity index is 305. The van der Waals surface area contributed by atoms with Crippen LogP contribution in [0.4, 0.5) is 0 Å². The lowest BCUT2D eigenvalue weighted by molar-refractivity contribution is 0.126. The number of rotatable bonds is 3. The number of aliphatic hydroxyl groups is 1. The fourth-order valence-electron chi connectivity index (χ4n) is 2.04. The number of likely N-dealkylation sites (tertiary alicyclic amines) is 1. The fraction of sp³-hybridized carbons (Fsp3) is 0.727. The maximum Gasteiger partial charge on any atom is 0.0897 e. The van der Waals surface area contributed by atoms with Crippen molar-refractivity contribution in [1.29, 1.82) is 0 Å². The van der Waals surface area contributed by atoms with E-state index in [1.807, 2.05) is 6.92 Å². The molecule has 4 heteroatoms. The van der Waals surface area contributed by atoms with Crippen LogP contribution in [0.1, 0.15) is 23.5 Å². The predicted octanol–water partition coefficient (Wildman–Crippen LogP) is 1.66. The van der Waals surface area contributed by atoms with Gasteiger partial charge < -0.3 is 5.11 Å². The number of aromatic nitrogens is 1. The van der Waals surface area contributed by atoms with Crippen LogP contribution in [0, 0.1) is 12.8 Å². The van der Waals surface area contributed by atoms with Crippen LogP contribution in [0.15, 0.2) is 5.38 Å². The van der Waals surface area contributed by atoms with Gasteiger partial charge in [-0.15, -0.1) is 11.3 Å². The second kappa shape index (κ2) is 5.05. The van der Waals surface area contributed by atoms with Gasteiger partial charge in [0.15, 0.2) is 0 Å². The van der Waals surface area contributed by atoms with Crippen LogP contribution >= 0.6 is 11.3 Å². The van der Waals surface area contributed by atoms with E-state index in [0.29, 0.717) is 12.5 Å². The van der Waals surface area contributed by atoms with E-state index in [1.165, 1.54) is 5.69 Å². The second-order valence-corrected chi connectivity index (χ2v) is 5.32. The largest absolute Gasteiger partial charge is 0.396 e. The molecule has 1 aromatic heterocycles. The zero-order chi connectivity index (χ0) is 10.7. The van der Waals surface area contributed by atoms with Crippen LogP contribution < -0.4 is 0 Å². The van der Waals surface area contributed by atoms with Gasteiger partial charge in [0, 0.05) is 18.5 Å². The molecular formula is C11H18N2OS. The maximum absolute atomic E-state index is 9.04. The van der Waals surface area contributed by atoms with Crippen molar-refractivity contribution in [3.8, 4) is 0 Å².